The van der Waals surface area contributed by atoms with Crippen LogP contribution in [0.25, 0.3) is 22.3 Å². The van der Waals surface area contributed by atoms with E-state index in [-0.39, 0.29) is 5.12 Å². The lowest BCUT2D eigenvalue weighted by atomic mass is 9.89. The standard InChI is InChI=1S/C56H50N4OS/c1-30-23-33(4)50(34(5)24-30)54-44-17-15-42(57-44)53(41-13-11-40(12-14-41)29-62-39(10)61)43-16-18-45(58-43)55(51-35(6)25-31(2)26-36(51)7)47-20-22-49(60-47)56(48-21-19-46(54)59-48)52-37(8)27-32(3)28-38(52)9/h11-28H,29H2,1-10H3. The summed E-state index contributed by atoms with van der Waals surface area (Å²) in [6, 6.07) is 22.0. The lowest BCUT2D eigenvalue weighted by Crippen LogP contribution is -2.07. The number of benzene rings is 4. The summed E-state index contributed by atoms with van der Waals surface area (Å²) in [5.41, 5.74) is 26.9. The molecule has 4 aromatic carbocycles. The minimum absolute atomic E-state index is 0.104. The van der Waals surface area contributed by atoms with Crippen molar-refractivity contribution in [3.05, 3.63) is 210 Å². The Hall–Kier alpha value is -6.50. The van der Waals surface area contributed by atoms with Crippen LogP contribution < -0.4 is 0 Å². The number of fused-ring (bicyclic) bond motifs is 4. The van der Waals surface area contributed by atoms with Crippen LogP contribution in [0.15, 0.2) is 152 Å². The molecule has 5 heterocycles. The highest BCUT2D eigenvalue weighted by atomic mass is 32.2. The molecule has 0 atom stereocenters. The van der Waals surface area contributed by atoms with Crippen LogP contribution in [0.5, 0.6) is 0 Å². The largest absolute Gasteiger partial charge is 0.288 e. The number of rotatable bonds is 6. The lowest BCUT2D eigenvalue weighted by Gasteiger charge is -2.18. The Bertz CT molecular complexity index is 2960. The fourth-order valence-corrected chi connectivity index (χ4v) is 10.4. The molecular formula is C56H50N4OS. The van der Waals surface area contributed by atoms with E-state index >= 15 is 0 Å². The number of aliphatic imine (C=N–C) groups is 4. The highest BCUT2D eigenvalue weighted by molar-refractivity contribution is 8.12. The summed E-state index contributed by atoms with van der Waals surface area (Å²) < 4.78 is 0. The number of hydrogen-bond donors (Lipinski definition) is 0. The molecule has 0 aromatic heterocycles. The zero-order valence-corrected chi connectivity index (χ0v) is 38.0. The first kappa shape index (κ1) is 40.9. The maximum atomic E-state index is 11.8. The predicted molar refractivity (Wildman–Crippen MR) is 264 cm³/mol. The van der Waals surface area contributed by atoms with E-state index in [0.717, 1.165) is 95.7 Å². The molecule has 4 aromatic rings. The van der Waals surface area contributed by atoms with Gasteiger partial charge in [0.15, 0.2) is 5.12 Å². The second-order valence-electron chi connectivity index (χ2n) is 17.2. The van der Waals surface area contributed by atoms with E-state index in [2.05, 4.69) is 172 Å². The first-order valence-electron chi connectivity index (χ1n) is 21.3. The fraction of sp³-hybridized carbons (Fsp3) is 0.196. The third-order valence-electron chi connectivity index (χ3n) is 12.1. The lowest BCUT2D eigenvalue weighted by molar-refractivity contribution is -0.109. The Morgan fingerprint density at radius 1 is 0.419 bits per heavy atom. The topological polar surface area (TPSA) is 66.5 Å². The van der Waals surface area contributed by atoms with Gasteiger partial charge in [-0.1, -0.05) is 89.1 Å². The van der Waals surface area contributed by atoms with Crippen molar-refractivity contribution in [2.45, 2.75) is 75.0 Å². The van der Waals surface area contributed by atoms with Crippen LogP contribution in [0.4, 0.5) is 0 Å². The Balaban J connectivity index is 1.39. The van der Waals surface area contributed by atoms with Gasteiger partial charge in [-0.3, -0.25) is 4.79 Å². The smallest absolute Gasteiger partial charge is 0.186 e. The van der Waals surface area contributed by atoms with E-state index in [1.165, 1.54) is 61.8 Å². The quantitative estimate of drug-likeness (QED) is 0.194. The van der Waals surface area contributed by atoms with E-state index in [9.17, 15) is 4.79 Å². The normalized spacial score (nSPS) is 16.6. The Morgan fingerprint density at radius 2 is 0.710 bits per heavy atom. The molecule has 0 unspecified atom stereocenters. The molecule has 9 rings (SSSR count). The third-order valence-corrected chi connectivity index (χ3v) is 13.0. The number of carbonyl (C=O) groups is 1. The molecule has 6 heteroatoms. The van der Waals surface area contributed by atoms with Crippen molar-refractivity contribution in [1.29, 1.82) is 0 Å². The van der Waals surface area contributed by atoms with Crippen molar-refractivity contribution >= 4 is 62.0 Å². The van der Waals surface area contributed by atoms with Gasteiger partial charge < -0.3 is 0 Å². The molecule has 62 heavy (non-hydrogen) atoms. The molecule has 5 nitrogen and oxygen atoms in total. The molecule has 0 saturated carbocycles. The van der Waals surface area contributed by atoms with Gasteiger partial charge in [0.25, 0.3) is 0 Å². The van der Waals surface area contributed by atoms with Crippen molar-refractivity contribution in [1.82, 2.24) is 0 Å². The van der Waals surface area contributed by atoms with Crippen molar-refractivity contribution in [3.63, 3.8) is 0 Å². The fourth-order valence-electron chi connectivity index (χ4n) is 9.83. The van der Waals surface area contributed by atoms with Crippen molar-refractivity contribution in [2.24, 2.45) is 20.0 Å². The summed E-state index contributed by atoms with van der Waals surface area (Å²) in [6.45, 7) is 21.2. The number of aryl methyl sites for hydroxylation is 9. The molecule has 306 valence electrons. The summed E-state index contributed by atoms with van der Waals surface area (Å²) in [5.74, 6) is 0.620. The third kappa shape index (κ3) is 7.47. The van der Waals surface area contributed by atoms with Crippen molar-refractivity contribution in [2.75, 3.05) is 0 Å². The summed E-state index contributed by atoms with van der Waals surface area (Å²) >= 11 is 1.32. The van der Waals surface area contributed by atoms with Gasteiger partial charge in [0, 0.05) is 35.0 Å². The van der Waals surface area contributed by atoms with Gasteiger partial charge in [-0.15, -0.1) is 0 Å². The van der Waals surface area contributed by atoms with Crippen LogP contribution >= 0.6 is 11.8 Å². The van der Waals surface area contributed by atoms with E-state index in [0.29, 0.717) is 5.75 Å². The molecular weight excluding hydrogens is 777 g/mol. The van der Waals surface area contributed by atoms with Gasteiger partial charge in [-0.25, -0.2) is 20.0 Å². The minimum Gasteiger partial charge on any atom is -0.288 e. The summed E-state index contributed by atoms with van der Waals surface area (Å²) in [7, 11) is 0. The second kappa shape index (κ2) is 16.1. The van der Waals surface area contributed by atoms with E-state index < -0.39 is 0 Å². The Morgan fingerprint density at radius 3 is 1.02 bits per heavy atom. The van der Waals surface area contributed by atoms with E-state index in [1.807, 2.05) is 0 Å². The average molecular weight is 827 g/mol. The number of nitrogens with zero attached hydrogens (tertiary/aromatic N) is 4. The highest BCUT2D eigenvalue weighted by Gasteiger charge is 2.30. The van der Waals surface area contributed by atoms with Gasteiger partial charge in [-0.05, 0) is 172 Å². The van der Waals surface area contributed by atoms with Crippen LogP contribution in [-0.4, -0.2) is 28.0 Å². The van der Waals surface area contributed by atoms with Crippen molar-refractivity contribution < 1.29 is 4.79 Å². The zero-order valence-electron chi connectivity index (χ0n) is 37.2. The van der Waals surface area contributed by atoms with Gasteiger partial charge in [-0.2, -0.15) is 0 Å². The molecule has 0 radical (unpaired) electrons. The monoisotopic (exact) mass is 826 g/mol. The Labute approximate surface area is 370 Å². The maximum absolute atomic E-state index is 11.8. The van der Waals surface area contributed by atoms with Crippen LogP contribution in [0.1, 0.15) is 84.8 Å². The first-order chi connectivity index (χ1) is 29.7. The highest BCUT2D eigenvalue weighted by Crippen LogP contribution is 2.42. The summed E-state index contributed by atoms with van der Waals surface area (Å²) in [6.07, 6.45) is 17.1. The van der Waals surface area contributed by atoms with Crippen LogP contribution in [-0.2, 0) is 10.5 Å². The molecule has 0 saturated heterocycles. The molecule has 8 bridgehead atoms. The van der Waals surface area contributed by atoms with Crippen molar-refractivity contribution in [3.8, 4) is 0 Å². The van der Waals surface area contributed by atoms with Crippen LogP contribution in [0, 0.1) is 62.3 Å². The molecule has 0 N–H and O–H groups in total. The van der Waals surface area contributed by atoms with Gasteiger partial charge in [0.2, 0.25) is 0 Å². The SMILES string of the molecule is CC(=O)SCc1ccc(C2=C3C=CC(=N3)C(c3c(C)cc(C)cc3C)=C3C=CC(=N3)C(c3c(C)cc(C)cc3C)=C3C=CC(=N3)C(c3c(C)cc(C)cc3C)=C3C=CC2=N3)cc1. The van der Waals surface area contributed by atoms with E-state index in [4.69, 9.17) is 20.0 Å². The number of hydrogen-bond acceptors (Lipinski definition) is 6. The van der Waals surface area contributed by atoms with Gasteiger partial charge in [0.1, 0.15) is 0 Å². The minimum atomic E-state index is 0.104. The average Bonchev–Trinajstić information content (AvgIpc) is 4.04. The first-order valence-corrected chi connectivity index (χ1v) is 22.3. The Kier molecular flexibility index (Phi) is 10.6. The zero-order chi connectivity index (χ0) is 43.6. The summed E-state index contributed by atoms with van der Waals surface area (Å²) in [4.78, 5) is 34.0. The number of carbonyl (C=O) groups excluding carboxylic acids is 1. The second-order valence-corrected chi connectivity index (χ2v) is 18.3. The predicted octanol–water partition coefficient (Wildman–Crippen LogP) is 13.2. The maximum Gasteiger partial charge on any atom is 0.186 e. The molecule has 5 aliphatic heterocycles. The molecule has 5 aliphatic rings. The number of thioether (sulfide) groups is 1. The molecule has 0 spiro atoms. The number of allylic oxidation sites excluding steroid dienone is 12. The van der Waals surface area contributed by atoms with Gasteiger partial charge in [0.05, 0.1) is 45.6 Å². The van der Waals surface area contributed by atoms with Crippen LogP contribution in [0.3, 0.4) is 0 Å². The molecule has 0 aliphatic carbocycles. The van der Waals surface area contributed by atoms with E-state index in [1.54, 1.807) is 6.92 Å². The van der Waals surface area contributed by atoms with Gasteiger partial charge >= 0.3 is 0 Å². The molecule has 0 amide bonds. The van der Waals surface area contributed by atoms with Crippen LogP contribution in [0.2, 0.25) is 0 Å². The summed E-state index contributed by atoms with van der Waals surface area (Å²) in [5, 5.41) is 0.104. The molecule has 0 fully saturated rings.